The number of benzene rings is 2. The molecule has 156 valence electrons. The summed E-state index contributed by atoms with van der Waals surface area (Å²) in [7, 11) is -1.82. The fourth-order valence-corrected chi connectivity index (χ4v) is 3.82. The number of aliphatic carboxylic acids is 1. The molecule has 0 amide bonds. The van der Waals surface area contributed by atoms with Crippen molar-refractivity contribution in [1.29, 1.82) is 0 Å². The fraction of sp³-hybridized carbons (Fsp3) is 0.417. The van der Waals surface area contributed by atoms with Gasteiger partial charge in [0.25, 0.3) is 0 Å². The first kappa shape index (κ1) is 23.0. The van der Waals surface area contributed by atoms with Gasteiger partial charge in [-0.3, -0.25) is 4.99 Å². The van der Waals surface area contributed by atoms with Crippen molar-refractivity contribution >= 4 is 20.0 Å². The Bertz CT molecular complexity index is 770. The third-order valence-electron chi connectivity index (χ3n) is 5.56. The maximum atomic E-state index is 11.9. The van der Waals surface area contributed by atoms with E-state index in [0.29, 0.717) is 25.2 Å². The molecule has 0 aliphatic carbocycles. The predicted molar refractivity (Wildman–Crippen MR) is 122 cm³/mol. The molecular weight excluding hydrogens is 378 g/mol. The van der Waals surface area contributed by atoms with E-state index in [1.165, 1.54) is 0 Å². The normalized spacial score (nSPS) is 13.0. The minimum absolute atomic E-state index is 0.144. The molecule has 0 aliphatic rings. The first-order valence-electron chi connectivity index (χ1n) is 10.2. The number of nitrogens with zero attached hydrogens (tertiary/aromatic N) is 1. The van der Waals surface area contributed by atoms with Crippen molar-refractivity contribution in [1.82, 2.24) is 0 Å². The Morgan fingerprint density at radius 1 is 1.00 bits per heavy atom. The quantitative estimate of drug-likeness (QED) is 0.323. The molecule has 5 heteroatoms. The monoisotopic (exact) mass is 411 g/mol. The van der Waals surface area contributed by atoms with Gasteiger partial charge in [-0.05, 0) is 31.0 Å². The van der Waals surface area contributed by atoms with Crippen molar-refractivity contribution in [3.63, 3.8) is 0 Å². The topological polar surface area (TPSA) is 58.9 Å². The van der Waals surface area contributed by atoms with Gasteiger partial charge in [-0.1, -0.05) is 81.4 Å². The second-order valence-corrected chi connectivity index (χ2v) is 13.6. The molecule has 0 fully saturated rings. The zero-order valence-corrected chi connectivity index (χ0v) is 19.2. The molecule has 2 aromatic carbocycles. The molecule has 0 heterocycles. The van der Waals surface area contributed by atoms with Crippen LogP contribution in [0.25, 0.3) is 0 Å². The van der Waals surface area contributed by atoms with Gasteiger partial charge in [0.15, 0.2) is 8.32 Å². The van der Waals surface area contributed by atoms with Crippen LogP contribution < -0.4 is 0 Å². The zero-order chi connectivity index (χ0) is 21.5. The molecule has 0 bridgehead atoms. The molecule has 0 radical (unpaired) electrons. The minimum atomic E-state index is -1.82. The summed E-state index contributed by atoms with van der Waals surface area (Å²) in [5.41, 5.74) is 2.55. The molecule has 0 spiro atoms. The number of rotatable bonds is 9. The van der Waals surface area contributed by atoms with Crippen LogP contribution in [0.15, 0.2) is 65.7 Å². The van der Waals surface area contributed by atoms with Crippen LogP contribution in [0.2, 0.25) is 18.1 Å². The van der Waals surface area contributed by atoms with Gasteiger partial charge in [0.2, 0.25) is 0 Å². The molecule has 29 heavy (non-hydrogen) atoms. The summed E-state index contributed by atoms with van der Waals surface area (Å²) in [5, 5.41) is 9.91. The summed E-state index contributed by atoms with van der Waals surface area (Å²) < 4.78 is 6.20. The second kappa shape index (κ2) is 9.99. The van der Waals surface area contributed by atoms with E-state index in [0.717, 1.165) is 11.1 Å². The van der Waals surface area contributed by atoms with Crippen molar-refractivity contribution in [2.45, 2.75) is 57.8 Å². The summed E-state index contributed by atoms with van der Waals surface area (Å²) in [4.78, 5) is 16.6. The highest BCUT2D eigenvalue weighted by atomic mass is 28.4. The van der Waals surface area contributed by atoms with E-state index in [2.05, 4.69) is 38.9 Å². The molecule has 1 N–H and O–H groups in total. The summed E-state index contributed by atoms with van der Waals surface area (Å²) in [6.07, 6.45) is 1.12. The number of carboxylic acid groups (broad SMARTS) is 1. The van der Waals surface area contributed by atoms with Gasteiger partial charge in [0, 0.05) is 17.7 Å². The highest BCUT2D eigenvalue weighted by Gasteiger charge is 2.36. The van der Waals surface area contributed by atoms with Gasteiger partial charge in [-0.2, -0.15) is 0 Å². The summed E-state index contributed by atoms with van der Waals surface area (Å²) in [5.74, 6) is -0.901. The molecule has 2 aromatic rings. The first-order chi connectivity index (χ1) is 13.6. The molecule has 4 nitrogen and oxygen atoms in total. The van der Waals surface area contributed by atoms with Crippen molar-refractivity contribution < 1.29 is 14.3 Å². The molecule has 0 aromatic heterocycles. The average molecular weight is 412 g/mol. The van der Waals surface area contributed by atoms with Gasteiger partial charge in [0.1, 0.15) is 6.04 Å². The lowest BCUT2D eigenvalue weighted by Crippen LogP contribution is -2.41. The maximum Gasteiger partial charge on any atom is 0.328 e. The SMILES string of the molecule is CC(C)(C)[Si](C)(C)OCCCC(N=C(c1ccccc1)c1ccccc1)C(=O)O. The van der Waals surface area contributed by atoms with E-state index in [4.69, 9.17) is 4.43 Å². The van der Waals surface area contributed by atoms with Crippen molar-refractivity contribution in [2.24, 2.45) is 4.99 Å². The standard InChI is InChI=1S/C24H33NO3Si/c1-24(2,3)29(4,5)28-18-12-17-21(23(26)27)25-22(19-13-8-6-9-14-19)20-15-10-7-11-16-20/h6-11,13-16,21H,12,17-18H2,1-5H3,(H,26,27). The van der Waals surface area contributed by atoms with Gasteiger partial charge >= 0.3 is 5.97 Å². The lowest BCUT2D eigenvalue weighted by molar-refractivity contribution is -0.138. The number of carbonyl (C=O) groups is 1. The van der Waals surface area contributed by atoms with Crippen LogP contribution in [0.3, 0.4) is 0 Å². The van der Waals surface area contributed by atoms with E-state index in [1.54, 1.807) is 0 Å². The first-order valence-corrected chi connectivity index (χ1v) is 13.1. The maximum absolute atomic E-state index is 11.9. The molecule has 2 rings (SSSR count). The fourth-order valence-electron chi connectivity index (χ4n) is 2.73. The largest absolute Gasteiger partial charge is 0.480 e. The van der Waals surface area contributed by atoms with Crippen LogP contribution in [-0.4, -0.2) is 37.8 Å². The Morgan fingerprint density at radius 3 is 1.90 bits per heavy atom. The number of hydrogen-bond donors (Lipinski definition) is 1. The summed E-state index contributed by atoms with van der Waals surface area (Å²) in [6.45, 7) is 11.6. The Kier molecular flexibility index (Phi) is 7.93. The van der Waals surface area contributed by atoms with Gasteiger partial charge in [-0.15, -0.1) is 0 Å². The Balaban J connectivity index is 2.17. The number of hydrogen-bond acceptors (Lipinski definition) is 3. The second-order valence-electron chi connectivity index (χ2n) is 8.81. The van der Waals surface area contributed by atoms with Crippen molar-refractivity contribution in [2.75, 3.05) is 6.61 Å². The van der Waals surface area contributed by atoms with Gasteiger partial charge in [-0.25, -0.2) is 4.79 Å². The van der Waals surface area contributed by atoms with Crippen LogP contribution >= 0.6 is 0 Å². The molecule has 0 saturated heterocycles. The van der Waals surface area contributed by atoms with Crippen LogP contribution in [-0.2, 0) is 9.22 Å². The number of carboxylic acids is 1. The third kappa shape index (κ3) is 6.65. The zero-order valence-electron chi connectivity index (χ0n) is 18.2. The molecule has 1 unspecified atom stereocenters. The van der Waals surface area contributed by atoms with E-state index < -0.39 is 20.3 Å². The average Bonchev–Trinajstić information content (AvgIpc) is 2.67. The summed E-state index contributed by atoms with van der Waals surface area (Å²) in [6, 6.07) is 18.7. The Hall–Kier alpha value is -2.24. The van der Waals surface area contributed by atoms with E-state index in [1.807, 2.05) is 60.7 Å². The summed E-state index contributed by atoms with van der Waals surface area (Å²) >= 11 is 0. The van der Waals surface area contributed by atoms with E-state index >= 15 is 0 Å². The predicted octanol–water partition coefficient (Wildman–Crippen LogP) is 5.78. The van der Waals surface area contributed by atoms with E-state index in [9.17, 15) is 9.90 Å². The molecular formula is C24H33NO3Si. The molecule has 0 saturated carbocycles. The minimum Gasteiger partial charge on any atom is -0.480 e. The third-order valence-corrected chi connectivity index (χ3v) is 10.1. The van der Waals surface area contributed by atoms with Crippen LogP contribution in [0.4, 0.5) is 0 Å². The lowest BCUT2D eigenvalue weighted by Gasteiger charge is -2.36. The van der Waals surface area contributed by atoms with Crippen LogP contribution in [0.1, 0.15) is 44.7 Å². The Morgan fingerprint density at radius 2 is 1.48 bits per heavy atom. The van der Waals surface area contributed by atoms with Gasteiger partial charge < -0.3 is 9.53 Å². The lowest BCUT2D eigenvalue weighted by atomic mass is 10.0. The smallest absolute Gasteiger partial charge is 0.328 e. The van der Waals surface area contributed by atoms with E-state index in [-0.39, 0.29) is 5.04 Å². The van der Waals surface area contributed by atoms with Crippen molar-refractivity contribution in [3.8, 4) is 0 Å². The molecule has 1 atom stereocenters. The highest BCUT2D eigenvalue weighted by molar-refractivity contribution is 6.74. The van der Waals surface area contributed by atoms with Crippen LogP contribution in [0, 0.1) is 0 Å². The number of aliphatic imine (C=N–C) groups is 1. The van der Waals surface area contributed by atoms with Crippen molar-refractivity contribution in [3.05, 3.63) is 71.8 Å². The van der Waals surface area contributed by atoms with Crippen LogP contribution in [0.5, 0.6) is 0 Å². The Labute approximate surface area is 175 Å². The highest BCUT2D eigenvalue weighted by Crippen LogP contribution is 2.36. The molecule has 0 aliphatic heterocycles. The van der Waals surface area contributed by atoms with Gasteiger partial charge in [0.05, 0.1) is 5.71 Å².